The zero-order chi connectivity index (χ0) is 17.2. The molecule has 4 rings (SSSR count). The number of hydrogen-bond acceptors (Lipinski definition) is 5. The molecular weight excluding hydrogens is 320 g/mol. The molecule has 0 radical (unpaired) electrons. The maximum atomic E-state index is 12.2. The molecule has 1 N–H and O–H groups in total. The summed E-state index contributed by atoms with van der Waals surface area (Å²) in [6.45, 7) is 0.970. The predicted molar refractivity (Wildman–Crippen MR) is 89.3 cm³/mol. The summed E-state index contributed by atoms with van der Waals surface area (Å²) in [5.41, 5.74) is 0.895. The highest BCUT2D eigenvalue weighted by molar-refractivity contribution is 5.89. The predicted octanol–water partition coefficient (Wildman–Crippen LogP) is 1.41. The number of aromatic nitrogens is 2. The molecule has 1 atom stereocenters. The van der Waals surface area contributed by atoms with Gasteiger partial charge >= 0.3 is 0 Å². The number of nitrogens with zero attached hydrogens (tertiary/aromatic N) is 3. The minimum Gasteiger partial charge on any atom is -0.355 e. The molecule has 1 aromatic carbocycles. The largest absolute Gasteiger partial charge is 0.355 e. The Balaban J connectivity index is 1.26. The van der Waals surface area contributed by atoms with E-state index in [1.165, 1.54) is 0 Å². The summed E-state index contributed by atoms with van der Waals surface area (Å²) in [7, 11) is 0. The molecule has 25 heavy (non-hydrogen) atoms. The summed E-state index contributed by atoms with van der Waals surface area (Å²) in [4.78, 5) is 30.4. The van der Waals surface area contributed by atoms with Crippen molar-refractivity contribution in [1.29, 1.82) is 0 Å². The van der Waals surface area contributed by atoms with Crippen LogP contribution in [0.2, 0.25) is 0 Å². The van der Waals surface area contributed by atoms with Crippen LogP contribution in [0.3, 0.4) is 0 Å². The Morgan fingerprint density at radius 2 is 2.08 bits per heavy atom. The fourth-order valence-corrected chi connectivity index (χ4v) is 3.14. The molecule has 1 saturated carbocycles. The zero-order valence-electron chi connectivity index (χ0n) is 13.9. The van der Waals surface area contributed by atoms with E-state index in [2.05, 4.69) is 15.5 Å². The molecule has 2 aliphatic rings. The molecule has 1 aliphatic carbocycles. The van der Waals surface area contributed by atoms with Gasteiger partial charge in [-0.1, -0.05) is 35.5 Å². The van der Waals surface area contributed by atoms with E-state index in [4.69, 9.17) is 4.52 Å². The van der Waals surface area contributed by atoms with Crippen molar-refractivity contribution in [2.75, 3.05) is 13.1 Å². The summed E-state index contributed by atoms with van der Waals surface area (Å²) in [5.74, 6) is 0.826. The number of hydrogen-bond donors (Lipinski definition) is 1. The highest BCUT2D eigenvalue weighted by Gasteiger charge is 2.41. The molecule has 1 saturated heterocycles. The molecule has 0 unspecified atom stereocenters. The van der Waals surface area contributed by atoms with Gasteiger partial charge in [0.1, 0.15) is 0 Å². The van der Waals surface area contributed by atoms with Gasteiger partial charge in [0, 0.05) is 37.5 Å². The quantitative estimate of drug-likeness (QED) is 0.859. The van der Waals surface area contributed by atoms with E-state index in [9.17, 15) is 9.59 Å². The number of rotatable bonds is 6. The Morgan fingerprint density at radius 1 is 1.28 bits per heavy atom. The van der Waals surface area contributed by atoms with Crippen LogP contribution in [0.4, 0.5) is 0 Å². The minimum absolute atomic E-state index is 0.0701. The van der Waals surface area contributed by atoms with Crippen LogP contribution in [-0.2, 0) is 16.0 Å². The van der Waals surface area contributed by atoms with Crippen molar-refractivity contribution in [3.05, 3.63) is 36.2 Å². The zero-order valence-corrected chi connectivity index (χ0v) is 13.9. The number of carbonyl (C=O) groups is 2. The molecule has 2 heterocycles. The van der Waals surface area contributed by atoms with Gasteiger partial charge in [0.25, 0.3) is 0 Å². The van der Waals surface area contributed by atoms with E-state index in [-0.39, 0.29) is 17.7 Å². The third-order valence-electron chi connectivity index (χ3n) is 4.66. The second kappa shape index (κ2) is 6.66. The summed E-state index contributed by atoms with van der Waals surface area (Å²) in [6.07, 6.45) is 2.93. The molecule has 7 nitrogen and oxygen atoms in total. The molecular formula is C18H20N4O3. The van der Waals surface area contributed by atoms with Gasteiger partial charge in [0.15, 0.2) is 0 Å². The molecule has 2 amide bonds. The Morgan fingerprint density at radius 3 is 2.84 bits per heavy atom. The van der Waals surface area contributed by atoms with Gasteiger partial charge < -0.3 is 14.7 Å². The van der Waals surface area contributed by atoms with Crippen molar-refractivity contribution in [3.63, 3.8) is 0 Å². The fourth-order valence-electron chi connectivity index (χ4n) is 3.14. The highest BCUT2D eigenvalue weighted by Crippen LogP contribution is 2.32. The van der Waals surface area contributed by atoms with Crippen LogP contribution in [0, 0.1) is 5.92 Å². The van der Waals surface area contributed by atoms with Gasteiger partial charge in [0.05, 0.1) is 5.92 Å². The number of carbonyl (C=O) groups excluding carboxylic acids is 2. The van der Waals surface area contributed by atoms with E-state index in [1.54, 1.807) is 0 Å². The first-order valence-electron chi connectivity index (χ1n) is 8.66. The first kappa shape index (κ1) is 15.8. The molecule has 1 aromatic heterocycles. The normalized spacial score (nSPS) is 20.1. The average Bonchev–Trinajstić information content (AvgIpc) is 3.23. The van der Waals surface area contributed by atoms with Crippen LogP contribution in [0.15, 0.2) is 34.9 Å². The van der Waals surface area contributed by atoms with Gasteiger partial charge in [-0.2, -0.15) is 4.98 Å². The summed E-state index contributed by atoms with van der Waals surface area (Å²) >= 11 is 0. The first-order chi connectivity index (χ1) is 12.2. The molecule has 130 valence electrons. The van der Waals surface area contributed by atoms with Crippen molar-refractivity contribution in [2.45, 2.75) is 31.7 Å². The lowest BCUT2D eigenvalue weighted by Gasteiger charge is -2.15. The third-order valence-corrected chi connectivity index (χ3v) is 4.66. The van der Waals surface area contributed by atoms with Crippen molar-refractivity contribution in [1.82, 2.24) is 20.4 Å². The Kier molecular flexibility index (Phi) is 4.21. The van der Waals surface area contributed by atoms with Crippen molar-refractivity contribution in [2.24, 2.45) is 5.92 Å². The van der Waals surface area contributed by atoms with Crippen LogP contribution in [0.25, 0.3) is 11.4 Å². The second-order valence-corrected chi connectivity index (χ2v) is 6.60. The number of nitrogens with one attached hydrogen (secondary N) is 1. The standard InChI is InChI=1S/C18H20N4O3/c23-16-10-13(11-22(16)14-6-7-14)18(24)19-9-8-15-20-17(21-25-15)12-4-2-1-3-5-12/h1-5,13-14H,6-11H2,(H,19,24)/t13-/m0/s1. The van der Waals surface area contributed by atoms with Gasteiger partial charge in [-0.05, 0) is 12.8 Å². The Hall–Kier alpha value is -2.70. The van der Waals surface area contributed by atoms with Gasteiger partial charge in [0.2, 0.25) is 23.5 Å². The molecule has 2 fully saturated rings. The number of amides is 2. The fraction of sp³-hybridized carbons (Fsp3) is 0.444. The summed E-state index contributed by atoms with van der Waals surface area (Å²) in [6, 6.07) is 9.97. The van der Waals surface area contributed by atoms with Crippen LogP contribution >= 0.6 is 0 Å². The molecule has 0 bridgehead atoms. The highest BCUT2D eigenvalue weighted by atomic mass is 16.5. The maximum Gasteiger partial charge on any atom is 0.228 e. The molecule has 1 aliphatic heterocycles. The van der Waals surface area contributed by atoms with E-state index >= 15 is 0 Å². The van der Waals surface area contributed by atoms with E-state index < -0.39 is 0 Å². The van der Waals surface area contributed by atoms with Crippen LogP contribution < -0.4 is 5.32 Å². The molecule has 2 aromatic rings. The lowest BCUT2D eigenvalue weighted by molar-refractivity contribution is -0.129. The van der Waals surface area contributed by atoms with Crippen LogP contribution in [-0.4, -0.2) is 46.0 Å². The van der Waals surface area contributed by atoms with Crippen molar-refractivity contribution >= 4 is 11.8 Å². The number of likely N-dealkylation sites (tertiary alicyclic amines) is 1. The van der Waals surface area contributed by atoms with Crippen LogP contribution in [0.1, 0.15) is 25.2 Å². The number of benzene rings is 1. The lowest BCUT2D eigenvalue weighted by Crippen LogP contribution is -2.34. The van der Waals surface area contributed by atoms with Gasteiger partial charge in [-0.15, -0.1) is 0 Å². The van der Waals surface area contributed by atoms with Gasteiger partial charge in [-0.3, -0.25) is 9.59 Å². The summed E-state index contributed by atoms with van der Waals surface area (Å²) < 4.78 is 5.23. The van der Waals surface area contributed by atoms with Gasteiger partial charge in [-0.25, -0.2) is 0 Å². The Labute approximate surface area is 145 Å². The topological polar surface area (TPSA) is 88.3 Å². The second-order valence-electron chi connectivity index (χ2n) is 6.60. The third kappa shape index (κ3) is 3.55. The van der Waals surface area contributed by atoms with E-state index in [1.807, 2.05) is 35.2 Å². The molecule has 7 heteroatoms. The maximum absolute atomic E-state index is 12.2. The molecule has 0 spiro atoms. The van der Waals surface area contributed by atoms with Crippen LogP contribution in [0.5, 0.6) is 0 Å². The monoisotopic (exact) mass is 340 g/mol. The SMILES string of the molecule is O=C(NCCc1nc(-c2ccccc2)no1)[C@H]1CC(=O)N(C2CC2)C1. The average molecular weight is 340 g/mol. The van der Waals surface area contributed by atoms with Crippen molar-refractivity contribution in [3.8, 4) is 11.4 Å². The van der Waals surface area contributed by atoms with E-state index in [0.717, 1.165) is 18.4 Å². The lowest BCUT2D eigenvalue weighted by atomic mass is 10.1. The summed E-state index contributed by atoms with van der Waals surface area (Å²) in [5, 5.41) is 6.83. The minimum atomic E-state index is -0.240. The first-order valence-corrected chi connectivity index (χ1v) is 8.66. The van der Waals surface area contributed by atoms with E-state index in [0.29, 0.717) is 43.7 Å². The Bertz CT molecular complexity index is 770. The van der Waals surface area contributed by atoms with Crippen molar-refractivity contribution < 1.29 is 14.1 Å². The smallest absolute Gasteiger partial charge is 0.228 e.